The van der Waals surface area contributed by atoms with E-state index in [1.165, 1.54) is 11.3 Å². The van der Waals surface area contributed by atoms with Gasteiger partial charge in [-0.15, -0.1) is 0 Å². The summed E-state index contributed by atoms with van der Waals surface area (Å²) in [6.45, 7) is 2.06. The summed E-state index contributed by atoms with van der Waals surface area (Å²) in [6, 6.07) is 9.93. The fraction of sp³-hybridized carbons (Fsp3) is 0.300. The van der Waals surface area contributed by atoms with Gasteiger partial charge < -0.3 is 15.5 Å². The summed E-state index contributed by atoms with van der Waals surface area (Å²) in [4.78, 5) is 35.0. The van der Waals surface area contributed by atoms with Crippen molar-refractivity contribution in [2.45, 2.75) is 19.3 Å². The number of nitrogens with zero attached hydrogens (tertiary/aromatic N) is 3. The highest BCUT2D eigenvalue weighted by Gasteiger charge is 2.19. The Labute approximate surface area is 166 Å². The van der Waals surface area contributed by atoms with Crippen molar-refractivity contribution in [1.29, 1.82) is 0 Å². The lowest BCUT2D eigenvalue weighted by Crippen LogP contribution is -2.30. The van der Waals surface area contributed by atoms with E-state index >= 15 is 0 Å². The average Bonchev–Trinajstić information content (AvgIpc) is 3.34. The summed E-state index contributed by atoms with van der Waals surface area (Å²) in [5.74, 6) is 0.783. The molecule has 7 nitrogen and oxygen atoms in total. The second-order valence-electron chi connectivity index (χ2n) is 6.63. The molecule has 4 rings (SSSR count). The molecule has 0 spiro atoms. The van der Waals surface area contributed by atoms with E-state index in [0.717, 1.165) is 36.0 Å². The number of carbonyl (C=O) groups excluding carboxylic acids is 2. The van der Waals surface area contributed by atoms with Crippen molar-refractivity contribution < 1.29 is 9.59 Å². The lowest BCUT2D eigenvalue weighted by atomic mass is 10.2. The molecule has 28 heavy (non-hydrogen) atoms. The van der Waals surface area contributed by atoms with Crippen LogP contribution in [0.3, 0.4) is 0 Å². The van der Waals surface area contributed by atoms with Gasteiger partial charge in [-0.05, 0) is 24.3 Å². The van der Waals surface area contributed by atoms with Gasteiger partial charge in [0.05, 0.1) is 6.20 Å². The predicted molar refractivity (Wildman–Crippen MR) is 110 cm³/mol. The number of aromatic nitrogens is 2. The number of likely N-dealkylation sites (tertiary alicyclic amines) is 1. The quantitative estimate of drug-likeness (QED) is 0.600. The summed E-state index contributed by atoms with van der Waals surface area (Å²) in [6.07, 6.45) is 5.65. The molecular weight excluding hydrogens is 374 g/mol. The largest absolute Gasteiger partial charge is 0.351 e. The number of hydrogen-bond acceptors (Lipinski definition) is 6. The molecule has 2 N–H and O–H groups in total. The summed E-state index contributed by atoms with van der Waals surface area (Å²) < 4.78 is 0. The van der Waals surface area contributed by atoms with Crippen LogP contribution in [0, 0.1) is 0 Å². The van der Waals surface area contributed by atoms with Crippen LogP contribution in [0.1, 0.15) is 28.9 Å². The van der Waals surface area contributed by atoms with Gasteiger partial charge in [-0.25, -0.2) is 9.97 Å². The minimum absolute atomic E-state index is 0.149. The number of nitrogens with one attached hydrogen (secondary N) is 2. The van der Waals surface area contributed by atoms with Gasteiger partial charge >= 0.3 is 0 Å². The van der Waals surface area contributed by atoms with Crippen LogP contribution in [0.2, 0.25) is 0 Å². The smallest absolute Gasteiger partial charge is 0.263 e. The number of amides is 2. The van der Waals surface area contributed by atoms with Crippen LogP contribution >= 0.6 is 11.3 Å². The Hall–Kier alpha value is -3.00. The maximum absolute atomic E-state index is 12.3. The Morgan fingerprint density at radius 3 is 2.96 bits per heavy atom. The van der Waals surface area contributed by atoms with Crippen molar-refractivity contribution in [3.63, 3.8) is 0 Å². The standard InChI is InChI=1S/C20H21N5O2S/c26-17-7-3-11-25(17)12-4-9-22-19(27)16-13-23-20(28-16)24-18-15-6-2-1-5-14(15)8-10-21-18/h1-2,5-6,8,10,13H,3-4,7,9,11-12H2,(H,22,27)(H,21,23,24). The van der Waals surface area contributed by atoms with Gasteiger partial charge in [-0.2, -0.15) is 0 Å². The highest BCUT2D eigenvalue weighted by atomic mass is 32.1. The van der Waals surface area contributed by atoms with Gasteiger partial charge in [0.1, 0.15) is 10.7 Å². The van der Waals surface area contributed by atoms with Gasteiger partial charge in [0.25, 0.3) is 5.91 Å². The topological polar surface area (TPSA) is 87.2 Å². The Balaban J connectivity index is 1.32. The number of thiazole rings is 1. The number of pyridine rings is 1. The van der Waals surface area contributed by atoms with Crippen LogP contribution in [0.4, 0.5) is 10.9 Å². The van der Waals surface area contributed by atoms with Gasteiger partial charge in [-0.3, -0.25) is 9.59 Å². The number of hydrogen-bond donors (Lipinski definition) is 2. The molecule has 1 saturated heterocycles. The summed E-state index contributed by atoms with van der Waals surface area (Å²) in [7, 11) is 0. The van der Waals surface area contributed by atoms with E-state index in [1.807, 2.05) is 35.2 Å². The summed E-state index contributed by atoms with van der Waals surface area (Å²) in [5.41, 5.74) is 0. The lowest BCUT2D eigenvalue weighted by molar-refractivity contribution is -0.127. The van der Waals surface area contributed by atoms with E-state index in [1.54, 1.807) is 12.4 Å². The van der Waals surface area contributed by atoms with Crippen LogP contribution in [-0.4, -0.2) is 46.3 Å². The Kier molecular flexibility index (Phi) is 5.48. The first-order chi connectivity index (χ1) is 13.7. The molecular formula is C20H21N5O2S. The van der Waals surface area contributed by atoms with Crippen molar-refractivity contribution >= 4 is 44.9 Å². The molecule has 1 aliphatic rings. The molecule has 8 heteroatoms. The van der Waals surface area contributed by atoms with Crippen molar-refractivity contribution in [3.05, 3.63) is 47.6 Å². The van der Waals surface area contributed by atoms with E-state index in [0.29, 0.717) is 29.5 Å². The van der Waals surface area contributed by atoms with E-state index < -0.39 is 0 Å². The van der Waals surface area contributed by atoms with Crippen LogP contribution in [0.5, 0.6) is 0 Å². The number of carbonyl (C=O) groups is 2. The molecule has 1 aromatic carbocycles. The third-order valence-electron chi connectivity index (χ3n) is 4.69. The number of rotatable bonds is 7. The van der Waals surface area contributed by atoms with Crippen molar-refractivity contribution in [2.24, 2.45) is 0 Å². The van der Waals surface area contributed by atoms with Crippen molar-refractivity contribution in [2.75, 3.05) is 25.0 Å². The van der Waals surface area contributed by atoms with Gasteiger partial charge in [0, 0.05) is 37.6 Å². The molecule has 0 unspecified atom stereocenters. The molecule has 3 heterocycles. The summed E-state index contributed by atoms with van der Waals surface area (Å²) in [5, 5.41) is 8.81. The molecule has 1 fully saturated rings. The van der Waals surface area contributed by atoms with Gasteiger partial charge in [0.2, 0.25) is 5.91 Å². The molecule has 0 bridgehead atoms. The molecule has 2 amide bonds. The molecule has 0 atom stereocenters. The first-order valence-electron chi connectivity index (χ1n) is 9.33. The van der Waals surface area contributed by atoms with Gasteiger partial charge in [0.15, 0.2) is 5.13 Å². The van der Waals surface area contributed by atoms with Crippen LogP contribution in [0.15, 0.2) is 42.7 Å². The maximum atomic E-state index is 12.3. The highest BCUT2D eigenvalue weighted by molar-refractivity contribution is 7.17. The van der Waals surface area contributed by atoms with Crippen LogP contribution < -0.4 is 10.6 Å². The Morgan fingerprint density at radius 2 is 2.11 bits per heavy atom. The predicted octanol–water partition coefficient (Wildman–Crippen LogP) is 3.18. The van der Waals surface area contributed by atoms with Crippen LogP contribution in [0.25, 0.3) is 10.8 Å². The number of anilines is 2. The van der Waals surface area contributed by atoms with Crippen molar-refractivity contribution in [1.82, 2.24) is 20.2 Å². The van der Waals surface area contributed by atoms with Crippen molar-refractivity contribution in [3.8, 4) is 0 Å². The SMILES string of the molecule is O=C(NCCCN1CCCC1=O)c1cnc(Nc2nccc3ccccc23)s1. The molecule has 0 radical (unpaired) electrons. The lowest BCUT2D eigenvalue weighted by Gasteiger charge is -2.15. The Morgan fingerprint density at radius 1 is 1.21 bits per heavy atom. The minimum atomic E-state index is -0.149. The highest BCUT2D eigenvalue weighted by Crippen LogP contribution is 2.26. The van der Waals surface area contributed by atoms with Gasteiger partial charge in [-0.1, -0.05) is 35.6 Å². The maximum Gasteiger partial charge on any atom is 0.263 e. The third kappa shape index (κ3) is 4.12. The molecule has 1 aliphatic heterocycles. The number of benzene rings is 1. The molecule has 0 aliphatic carbocycles. The molecule has 3 aromatic rings. The third-order valence-corrected chi connectivity index (χ3v) is 5.60. The zero-order valence-electron chi connectivity index (χ0n) is 15.4. The molecule has 0 saturated carbocycles. The minimum Gasteiger partial charge on any atom is -0.351 e. The van der Waals surface area contributed by atoms with E-state index in [2.05, 4.69) is 20.6 Å². The second-order valence-corrected chi connectivity index (χ2v) is 7.66. The summed E-state index contributed by atoms with van der Waals surface area (Å²) >= 11 is 1.29. The fourth-order valence-corrected chi connectivity index (χ4v) is 3.99. The second kappa shape index (κ2) is 8.35. The molecule has 144 valence electrons. The van der Waals surface area contributed by atoms with E-state index in [4.69, 9.17) is 0 Å². The first-order valence-corrected chi connectivity index (χ1v) is 10.1. The molecule has 2 aromatic heterocycles. The van der Waals surface area contributed by atoms with Crippen LogP contribution in [-0.2, 0) is 4.79 Å². The van der Waals surface area contributed by atoms with E-state index in [9.17, 15) is 9.59 Å². The first kappa shape index (κ1) is 18.4. The zero-order chi connectivity index (χ0) is 19.3. The van der Waals surface area contributed by atoms with E-state index in [-0.39, 0.29) is 11.8 Å². The normalized spacial score (nSPS) is 13.9. The monoisotopic (exact) mass is 395 g/mol. The zero-order valence-corrected chi connectivity index (χ0v) is 16.2. The number of fused-ring (bicyclic) bond motifs is 1. The average molecular weight is 395 g/mol. The Bertz CT molecular complexity index is 998. The fourth-order valence-electron chi connectivity index (χ4n) is 3.26.